The van der Waals surface area contributed by atoms with Gasteiger partial charge in [-0.05, 0) is 24.3 Å². The maximum absolute atomic E-state index is 13.2. The van der Waals surface area contributed by atoms with Gasteiger partial charge in [0, 0.05) is 39.0 Å². The lowest BCUT2D eigenvalue weighted by Gasteiger charge is -2.48. The maximum Gasteiger partial charge on any atom is 0.323 e. The van der Waals surface area contributed by atoms with E-state index in [1.807, 2.05) is 0 Å². The van der Waals surface area contributed by atoms with Gasteiger partial charge in [-0.3, -0.25) is 20.8 Å². The van der Waals surface area contributed by atoms with Gasteiger partial charge in [0.1, 0.15) is 11.7 Å². The summed E-state index contributed by atoms with van der Waals surface area (Å²) in [7, 11) is 1.50. The predicted molar refractivity (Wildman–Crippen MR) is 116 cm³/mol. The minimum Gasteiger partial charge on any atom is -0.341 e. The number of hydrogen-bond acceptors (Lipinski definition) is 6. The van der Waals surface area contributed by atoms with Gasteiger partial charge >= 0.3 is 12.1 Å². The fourth-order valence-corrected chi connectivity index (χ4v) is 5.05. The van der Waals surface area contributed by atoms with E-state index in [1.54, 1.807) is 9.80 Å². The molecule has 2 bridgehead atoms. The van der Waals surface area contributed by atoms with Crippen molar-refractivity contribution in [2.24, 2.45) is 0 Å². The third-order valence-electron chi connectivity index (χ3n) is 5.51. The SMILES string of the molecule is CNC(=O)Nc1nc2c(s1)C1CN(C(C)=O)CC(C2)N1C(=O)NC(=N)c1ccc(F)cc1. The number of carbonyl (C=O) groups is 3. The Labute approximate surface area is 187 Å². The number of hydrogen-bond donors (Lipinski definition) is 4. The third-order valence-corrected chi connectivity index (χ3v) is 6.62. The lowest BCUT2D eigenvalue weighted by atomic mass is 9.93. The first-order valence-corrected chi connectivity index (χ1v) is 10.8. The van der Waals surface area contributed by atoms with Gasteiger partial charge in [0.2, 0.25) is 5.91 Å². The van der Waals surface area contributed by atoms with Crippen molar-refractivity contribution in [2.45, 2.75) is 25.4 Å². The quantitative estimate of drug-likeness (QED) is 0.404. The molecule has 4 N–H and O–H groups in total. The molecular weight excluding hydrogens is 437 g/mol. The summed E-state index contributed by atoms with van der Waals surface area (Å²) in [6, 6.07) is 3.63. The second-order valence-electron chi connectivity index (χ2n) is 7.55. The van der Waals surface area contributed by atoms with Crippen LogP contribution >= 0.6 is 11.3 Å². The fraction of sp³-hybridized carbons (Fsp3) is 0.350. The molecule has 2 unspecified atom stereocenters. The van der Waals surface area contributed by atoms with E-state index in [1.165, 1.54) is 49.6 Å². The standard InChI is InChI=1S/C20H22FN7O3S/c1-10(29)27-8-13-7-14-16(32-19(24-14)26-18(30)23-2)15(9-27)28(13)20(31)25-17(22)11-3-5-12(21)6-4-11/h3-6,13,15H,7-9H2,1-2H3,(H2,22,25,31)(H2,23,24,26,30). The van der Waals surface area contributed by atoms with Gasteiger partial charge in [-0.15, -0.1) is 0 Å². The summed E-state index contributed by atoms with van der Waals surface area (Å²) in [5, 5.41) is 16.3. The van der Waals surface area contributed by atoms with E-state index >= 15 is 0 Å². The molecule has 0 saturated carbocycles. The number of benzene rings is 1. The summed E-state index contributed by atoms with van der Waals surface area (Å²) >= 11 is 1.26. The molecule has 2 aromatic rings. The van der Waals surface area contributed by atoms with Crippen LogP contribution in [0, 0.1) is 11.2 Å². The predicted octanol–water partition coefficient (Wildman–Crippen LogP) is 1.90. The lowest BCUT2D eigenvalue weighted by Crippen LogP contribution is -2.62. The molecule has 0 spiro atoms. The molecule has 10 nitrogen and oxygen atoms in total. The summed E-state index contributed by atoms with van der Waals surface area (Å²) in [6.45, 7) is 2.12. The Morgan fingerprint density at radius 2 is 1.94 bits per heavy atom. The van der Waals surface area contributed by atoms with Gasteiger partial charge in [0.05, 0.1) is 22.7 Å². The molecule has 1 aromatic carbocycles. The summed E-state index contributed by atoms with van der Waals surface area (Å²) < 4.78 is 13.2. The van der Waals surface area contributed by atoms with Crippen molar-refractivity contribution in [3.05, 3.63) is 46.2 Å². The molecule has 2 atom stereocenters. The van der Waals surface area contributed by atoms with Crippen LogP contribution in [-0.2, 0) is 11.2 Å². The Morgan fingerprint density at radius 1 is 1.22 bits per heavy atom. The van der Waals surface area contributed by atoms with E-state index in [0.29, 0.717) is 23.7 Å². The number of thiazole rings is 1. The molecule has 2 aliphatic rings. The number of rotatable bonds is 2. The molecule has 32 heavy (non-hydrogen) atoms. The second kappa shape index (κ2) is 8.54. The number of urea groups is 2. The first kappa shape index (κ1) is 21.7. The highest BCUT2D eigenvalue weighted by Gasteiger charge is 2.45. The number of nitrogens with zero attached hydrogens (tertiary/aromatic N) is 3. The fourth-order valence-electron chi connectivity index (χ4n) is 3.97. The zero-order chi connectivity index (χ0) is 23.0. The van der Waals surface area contributed by atoms with Crippen LogP contribution in [0.5, 0.6) is 0 Å². The topological polar surface area (TPSA) is 131 Å². The van der Waals surface area contributed by atoms with Crippen molar-refractivity contribution in [3.8, 4) is 0 Å². The van der Waals surface area contributed by atoms with Gasteiger partial charge in [-0.1, -0.05) is 11.3 Å². The molecule has 12 heteroatoms. The van der Waals surface area contributed by atoms with Gasteiger partial charge in [-0.2, -0.15) is 0 Å². The van der Waals surface area contributed by atoms with E-state index in [-0.39, 0.29) is 24.3 Å². The van der Waals surface area contributed by atoms with Crippen molar-refractivity contribution in [2.75, 3.05) is 25.5 Å². The van der Waals surface area contributed by atoms with Crippen LogP contribution in [0.4, 0.5) is 19.1 Å². The van der Waals surface area contributed by atoms with E-state index in [9.17, 15) is 18.8 Å². The number of fused-ring (bicyclic) bond motifs is 4. The van der Waals surface area contributed by atoms with Crippen LogP contribution < -0.4 is 16.0 Å². The summed E-state index contributed by atoms with van der Waals surface area (Å²) in [6.07, 6.45) is 0.416. The molecule has 1 fully saturated rings. The van der Waals surface area contributed by atoms with Crippen LogP contribution in [0.1, 0.15) is 29.1 Å². The molecule has 1 aromatic heterocycles. The Morgan fingerprint density at radius 3 is 2.59 bits per heavy atom. The first-order chi connectivity index (χ1) is 15.3. The van der Waals surface area contributed by atoms with Gasteiger partial charge in [0.25, 0.3) is 0 Å². The number of halogens is 1. The zero-order valence-corrected chi connectivity index (χ0v) is 18.3. The van der Waals surface area contributed by atoms with Gasteiger partial charge in [0.15, 0.2) is 5.13 Å². The van der Waals surface area contributed by atoms with Crippen LogP contribution in [0.25, 0.3) is 0 Å². The van der Waals surface area contributed by atoms with Gasteiger partial charge < -0.3 is 15.1 Å². The Kier molecular flexibility index (Phi) is 5.78. The molecule has 0 aliphatic carbocycles. The van der Waals surface area contributed by atoms with Crippen LogP contribution in [-0.4, -0.2) is 64.8 Å². The molecule has 2 aliphatic heterocycles. The highest BCUT2D eigenvalue weighted by atomic mass is 32.1. The summed E-state index contributed by atoms with van der Waals surface area (Å²) in [5.74, 6) is -0.661. The number of amidine groups is 1. The zero-order valence-electron chi connectivity index (χ0n) is 17.4. The Balaban J connectivity index is 1.60. The van der Waals surface area contributed by atoms with Crippen molar-refractivity contribution < 1.29 is 18.8 Å². The normalized spacial score (nSPS) is 19.1. The smallest absolute Gasteiger partial charge is 0.323 e. The molecule has 0 radical (unpaired) electrons. The Hall–Kier alpha value is -3.54. The summed E-state index contributed by atoms with van der Waals surface area (Å²) in [5.41, 5.74) is 1.17. The van der Waals surface area contributed by atoms with Gasteiger partial charge in [-0.25, -0.2) is 19.0 Å². The monoisotopic (exact) mass is 459 g/mol. The average Bonchev–Trinajstić information content (AvgIpc) is 3.15. The molecule has 5 amide bonds. The first-order valence-electron chi connectivity index (χ1n) is 9.94. The highest BCUT2D eigenvalue weighted by Crippen LogP contribution is 2.41. The van der Waals surface area contributed by atoms with Crippen molar-refractivity contribution in [1.29, 1.82) is 5.41 Å². The van der Waals surface area contributed by atoms with E-state index in [4.69, 9.17) is 5.41 Å². The minimum atomic E-state index is -0.475. The second-order valence-corrected chi connectivity index (χ2v) is 8.58. The molecular formula is C20H22FN7O3S. The van der Waals surface area contributed by atoms with Crippen molar-refractivity contribution in [3.63, 3.8) is 0 Å². The third kappa shape index (κ3) is 4.13. The number of amides is 5. The number of nitrogens with one attached hydrogen (secondary N) is 4. The van der Waals surface area contributed by atoms with E-state index < -0.39 is 23.9 Å². The van der Waals surface area contributed by atoms with Crippen LogP contribution in [0.2, 0.25) is 0 Å². The summed E-state index contributed by atoms with van der Waals surface area (Å²) in [4.78, 5) is 45.6. The average molecular weight is 460 g/mol. The van der Waals surface area contributed by atoms with Crippen molar-refractivity contribution >= 4 is 40.3 Å². The largest absolute Gasteiger partial charge is 0.341 e. The molecule has 168 valence electrons. The van der Waals surface area contributed by atoms with Crippen molar-refractivity contribution in [1.82, 2.24) is 25.4 Å². The van der Waals surface area contributed by atoms with E-state index in [0.717, 1.165) is 10.6 Å². The highest BCUT2D eigenvalue weighted by molar-refractivity contribution is 7.16. The van der Waals surface area contributed by atoms with E-state index in [2.05, 4.69) is 20.9 Å². The van der Waals surface area contributed by atoms with Crippen LogP contribution in [0.15, 0.2) is 24.3 Å². The Bertz CT molecular complexity index is 1090. The molecule has 1 saturated heterocycles. The molecule has 4 rings (SSSR count). The number of piperazine rings is 1. The maximum atomic E-state index is 13.2. The number of anilines is 1. The minimum absolute atomic E-state index is 0.0872. The number of aromatic nitrogens is 1. The number of carbonyl (C=O) groups excluding carboxylic acids is 3. The van der Waals surface area contributed by atoms with Crippen LogP contribution in [0.3, 0.4) is 0 Å². The lowest BCUT2D eigenvalue weighted by molar-refractivity contribution is -0.133. The molecule has 3 heterocycles.